The number of hydrogen-bond acceptors (Lipinski definition) is 5. The molecule has 0 aliphatic carbocycles. The van der Waals surface area contributed by atoms with Crippen molar-refractivity contribution in [2.45, 2.75) is 39.5 Å². The minimum absolute atomic E-state index is 0. The molecular weight excluding hydrogens is 507 g/mol. The standard InChI is InChI=1S/C17H25F2N3O4S.HI/c1-3-20-17(22-13-7-8-27(23,24)11-13)21-10-12-5-6-14(26-16(18)19)15(9-12)25-4-2;/h5-6,9,13,16H,3-4,7-8,10-11H2,1-2H3,(H2,20,21,22);1H. The molecule has 0 saturated carbocycles. The Bertz CT molecular complexity index is 763. The number of nitrogens with zero attached hydrogens (tertiary/aromatic N) is 1. The molecule has 7 nitrogen and oxygen atoms in total. The molecule has 0 radical (unpaired) electrons. The summed E-state index contributed by atoms with van der Waals surface area (Å²) < 4.78 is 57.9. The molecule has 0 bridgehead atoms. The normalized spacial score (nSPS) is 18.5. The quantitative estimate of drug-likeness (QED) is 0.304. The van der Waals surface area contributed by atoms with Crippen molar-refractivity contribution in [2.75, 3.05) is 24.7 Å². The second kappa shape index (κ2) is 11.6. The average molecular weight is 533 g/mol. The molecule has 0 spiro atoms. The summed E-state index contributed by atoms with van der Waals surface area (Å²) in [5, 5.41) is 6.20. The lowest BCUT2D eigenvalue weighted by atomic mass is 10.2. The third-order valence-electron chi connectivity index (χ3n) is 3.86. The minimum Gasteiger partial charge on any atom is -0.490 e. The number of hydrogen-bond donors (Lipinski definition) is 2. The van der Waals surface area contributed by atoms with Gasteiger partial charge in [0.15, 0.2) is 27.3 Å². The van der Waals surface area contributed by atoms with Crippen LogP contribution in [-0.2, 0) is 16.4 Å². The average Bonchev–Trinajstić information content (AvgIpc) is 2.93. The van der Waals surface area contributed by atoms with E-state index >= 15 is 0 Å². The van der Waals surface area contributed by atoms with Crippen molar-refractivity contribution < 1.29 is 26.7 Å². The zero-order chi connectivity index (χ0) is 19.9. The molecular formula is C17H26F2IN3O4S. The van der Waals surface area contributed by atoms with Crippen LogP contribution in [0.3, 0.4) is 0 Å². The molecule has 2 N–H and O–H groups in total. The van der Waals surface area contributed by atoms with E-state index in [0.29, 0.717) is 25.5 Å². The highest BCUT2D eigenvalue weighted by molar-refractivity contribution is 14.0. The third kappa shape index (κ3) is 7.94. The van der Waals surface area contributed by atoms with Gasteiger partial charge in [0.1, 0.15) is 0 Å². The van der Waals surface area contributed by atoms with Gasteiger partial charge in [0.25, 0.3) is 0 Å². The minimum atomic E-state index is -2.99. The number of rotatable bonds is 8. The van der Waals surface area contributed by atoms with Crippen LogP contribution in [0.1, 0.15) is 25.8 Å². The SMILES string of the molecule is CCNC(=NCc1ccc(OC(F)F)c(OCC)c1)NC1CCS(=O)(=O)C1.I. The van der Waals surface area contributed by atoms with Gasteiger partial charge in [0, 0.05) is 12.6 Å². The van der Waals surface area contributed by atoms with Gasteiger partial charge in [0.2, 0.25) is 0 Å². The van der Waals surface area contributed by atoms with Gasteiger partial charge in [-0.2, -0.15) is 8.78 Å². The molecule has 1 aliphatic heterocycles. The Balaban J connectivity index is 0.00000392. The van der Waals surface area contributed by atoms with Crippen LogP contribution >= 0.6 is 24.0 Å². The van der Waals surface area contributed by atoms with E-state index in [1.54, 1.807) is 19.1 Å². The molecule has 1 aromatic rings. The Morgan fingerprint density at radius 2 is 2.07 bits per heavy atom. The van der Waals surface area contributed by atoms with E-state index in [-0.39, 0.29) is 59.6 Å². The highest BCUT2D eigenvalue weighted by Gasteiger charge is 2.28. The Kier molecular flexibility index (Phi) is 10.2. The first-order valence-corrected chi connectivity index (χ1v) is 10.6. The van der Waals surface area contributed by atoms with Gasteiger partial charge >= 0.3 is 6.61 Å². The summed E-state index contributed by atoms with van der Waals surface area (Å²) in [6.45, 7) is 1.93. The summed E-state index contributed by atoms with van der Waals surface area (Å²) in [5.74, 6) is 0.968. The van der Waals surface area contributed by atoms with Gasteiger partial charge in [0.05, 0.1) is 24.7 Å². The maximum absolute atomic E-state index is 12.5. The maximum Gasteiger partial charge on any atom is 0.387 e. The highest BCUT2D eigenvalue weighted by atomic mass is 127. The van der Waals surface area contributed by atoms with E-state index in [1.165, 1.54) is 6.07 Å². The van der Waals surface area contributed by atoms with Crippen LogP contribution in [0.5, 0.6) is 11.5 Å². The molecule has 1 atom stereocenters. The van der Waals surface area contributed by atoms with Gasteiger partial charge in [-0.3, -0.25) is 0 Å². The number of nitrogens with one attached hydrogen (secondary N) is 2. The Morgan fingerprint density at radius 1 is 1.32 bits per heavy atom. The zero-order valence-corrected chi connectivity index (χ0v) is 18.9. The Hall–Kier alpha value is -1.37. The molecule has 1 unspecified atom stereocenters. The summed E-state index contributed by atoms with van der Waals surface area (Å²) >= 11 is 0. The first-order chi connectivity index (χ1) is 12.8. The smallest absolute Gasteiger partial charge is 0.387 e. The van der Waals surface area contributed by atoms with Gasteiger partial charge < -0.3 is 20.1 Å². The van der Waals surface area contributed by atoms with Crippen molar-refractivity contribution in [3.05, 3.63) is 23.8 Å². The Morgan fingerprint density at radius 3 is 2.64 bits per heavy atom. The molecule has 1 saturated heterocycles. The fraction of sp³-hybridized carbons (Fsp3) is 0.588. The molecule has 1 aliphatic rings. The fourth-order valence-electron chi connectivity index (χ4n) is 2.71. The molecule has 0 amide bonds. The van der Waals surface area contributed by atoms with Gasteiger partial charge in [-0.1, -0.05) is 6.07 Å². The van der Waals surface area contributed by atoms with E-state index in [1.807, 2.05) is 6.92 Å². The number of guanidine groups is 1. The molecule has 2 rings (SSSR count). The highest BCUT2D eigenvalue weighted by Crippen LogP contribution is 2.30. The number of aliphatic imine (C=N–C) groups is 1. The van der Waals surface area contributed by atoms with Crippen LogP contribution in [0.2, 0.25) is 0 Å². The number of benzene rings is 1. The first-order valence-electron chi connectivity index (χ1n) is 8.78. The number of sulfone groups is 1. The zero-order valence-electron chi connectivity index (χ0n) is 15.8. The lowest BCUT2D eigenvalue weighted by molar-refractivity contribution is -0.0514. The predicted octanol–water partition coefficient (Wildman–Crippen LogP) is 2.55. The molecule has 1 heterocycles. The van der Waals surface area contributed by atoms with Crippen LogP contribution in [-0.4, -0.2) is 51.7 Å². The summed E-state index contributed by atoms with van der Waals surface area (Å²) in [4.78, 5) is 4.44. The second-order valence-corrected chi connectivity index (χ2v) is 8.26. The van der Waals surface area contributed by atoms with Crippen LogP contribution < -0.4 is 20.1 Å². The van der Waals surface area contributed by atoms with Crippen molar-refractivity contribution in [2.24, 2.45) is 4.99 Å². The van der Waals surface area contributed by atoms with Gasteiger partial charge in [-0.25, -0.2) is 13.4 Å². The van der Waals surface area contributed by atoms with E-state index < -0.39 is 16.4 Å². The molecule has 11 heteroatoms. The van der Waals surface area contributed by atoms with Crippen LogP contribution in [0, 0.1) is 0 Å². The maximum atomic E-state index is 12.5. The lowest BCUT2D eigenvalue weighted by Crippen LogP contribution is -2.44. The van der Waals surface area contributed by atoms with E-state index in [9.17, 15) is 17.2 Å². The van der Waals surface area contributed by atoms with Gasteiger partial charge in [-0.15, -0.1) is 24.0 Å². The van der Waals surface area contributed by atoms with E-state index in [0.717, 1.165) is 5.56 Å². The number of alkyl halides is 2. The van der Waals surface area contributed by atoms with Crippen molar-refractivity contribution in [3.63, 3.8) is 0 Å². The number of ether oxygens (including phenoxy) is 2. The lowest BCUT2D eigenvalue weighted by Gasteiger charge is -2.16. The van der Waals surface area contributed by atoms with Crippen LogP contribution in [0.25, 0.3) is 0 Å². The Labute approximate surface area is 181 Å². The molecule has 1 aromatic carbocycles. The summed E-state index contributed by atoms with van der Waals surface area (Å²) in [6.07, 6.45) is 0.543. The first kappa shape index (κ1) is 24.7. The third-order valence-corrected chi connectivity index (χ3v) is 5.63. The summed E-state index contributed by atoms with van der Waals surface area (Å²) in [7, 11) is -2.99. The van der Waals surface area contributed by atoms with E-state index in [4.69, 9.17) is 4.74 Å². The molecule has 28 heavy (non-hydrogen) atoms. The summed E-state index contributed by atoms with van der Waals surface area (Å²) in [6, 6.07) is 4.49. The number of halogens is 3. The van der Waals surface area contributed by atoms with Crippen molar-refractivity contribution in [3.8, 4) is 11.5 Å². The topological polar surface area (TPSA) is 89.0 Å². The van der Waals surface area contributed by atoms with Gasteiger partial charge in [-0.05, 0) is 38.0 Å². The fourth-order valence-corrected chi connectivity index (χ4v) is 4.38. The van der Waals surface area contributed by atoms with Crippen molar-refractivity contribution in [1.82, 2.24) is 10.6 Å². The molecule has 1 fully saturated rings. The van der Waals surface area contributed by atoms with Crippen molar-refractivity contribution in [1.29, 1.82) is 0 Å². The van der Waals surface area contributed by atoms with E-state index in [2.05, 4.69) is 20.4 Å². The van der Waals surface area contributed by atoms with Crippen molar-refractivity contribution >= 4 is 39.8 Å². The predicted molar refractivity (Wildman–Crippen MR) is 115 cm³/mol. The summed E-state index contributed by atoms with van der Waals surface area (Å²) in [5.41, 5.74) is 0.747. The molecule has 160 valence electrons. The van der Waals surface area contributed by atoms with Crippen LogP contribution in [0.4, 0.5) is 8.78 Å². The second-order valence-electron chi connectivity index (χ2n) is 6.03. The largest absolute Gasteiger partial charge is 0.490 e. The van der Waals surface area contributed by atoms with Crippen LogP contribution in [0.15, 0.2) is 23.2 Å². The molecule has 0 aromatic heterocycles. The monoisotopic (exact) mass is 533 g/mol.